The molecule has 1 aliphatic carbocycles. The maximum Gasteiger partial charge on any atom is 0.408 e. The van der Waals surface area contributed by atoms with Gasteiger partial charge in [-0.25, -0.2) is 13.6 Å². The van der Waals surface area contributed by atoms with Crippen molar-refractivity contribution in [2.75, 3.05) is 13.1 Å². The van der Waals surface area contributed by atoms with Crippen LogP contribution in [-0.2, 0) is 14.3 Å². The zero-order valence-electron chi connectivity index (χ0n) is 22.0. The van der Waals surface area contributed by atoms with Crippen LogP contribution >= 0.6 is 0 Å². The van der Waals surface area contributed by atoms with Gasteiger partial charge < -0.3 is 19.9 Å². The second-order valence-electron chi connectivity index (χ2n) is 11.9. The van der Waals surface area contributed by atoms with Gasteiger partial charge in [0.05, 0.1) is 18.2 Å². The summed E-state index contributed by atoms with van der Waals surface area (Å²) in [6, 6.07) is 2.72. The second-order valence-corrected chi connectivity index (χ2v) is 11.9. The summed E-state index contributed by atoms with van der Waals surface area (Å²) in [5.41, 5.74) is -0.386. The molecule has 1 unspecified atom stereocenters. The number of nitrogens with zero attached hydrogens (tertiary/aromatic N) is 4. The van der Waals surface area contributed by atoms with Gasteiger partial charge in [-0.3, -0.25) is 14.5 Å². The third kappa shape index (κ3) is 4.94. The molecule has 1 aromatic rings. The molecule has 0 spiro atoms. The molecule has 4 aliphatic rings. The number of piperazine rings is 1. The van der Waals surface area contributed by atoms with Crippen molar-refractivity contribution in [3.63, 3.8) is 0 Å². The maximum atomic E-state index is 13.8. The minimum absolute atomic E-state index is 0.00903. The average Bonchev–Trinajstić information content (AvgIpc) is 3.14. The highest BCUT2D eigenvalue weighted by molar-refractivity contribution is 5.89. The summed E-state index contributed by atoms with van der Waals surface area (Å²) in [7, 11) is 0. The van der Waals surface area contributed by atoms with E-state index in [9.17, 15) is 28.4 Å². The molecule has 3 aliphatic heterocycles. The number of rotatable bonds is 6. The average molecular weight is 530 g/mol. The monoisotopic (exact) mass is 529 g/mol. The lowest BCUT2D eigenvalue weighted by Gasteiger charge is -2.39. The van der Waals surface area contributed by atoms with E-state index in [1.807, 2.05) is 4.90 Å². The third-order valence-electron chi connectivity index (χ3n) is 8.01. The van der Waals surface area contributed by atoms with Crippen LogP contribution in [0.1, 0.15) is 58.6 Å². The molecular formula is C27H33F2N5O4. The van der Waals surface area contributed by atoms with Crippen LogP contribution in [0.3, 0.4) is 0 Å². The van der Waals surface area contributed by atoms with Gasteiger partial charge in [0, 0.05) is 31.2 Å². The number of hydrogen-bond acceptors (Lipinski definition) is 6. The van der Waals surface area contributed by atoms with Gasteiger partial charge >= 0.3 is 6.09 Å². The molecule has 0 radical (unpaired) electrons. The number of alkyl carbamates (subject to hydrolysis) is 1. The fourth-order valence-electron chi connectivity index (χ4n) is 6.31. The van der Waals surface area contributed by atoms with Crippen molar-refractivity contribution in [2.24, 2.45) is 5.92 Å². The molecule has 38 heavy (non-hydrogen) atoms. The van der Waals surface area contributed by atoms with Crippen LogP contribution in [-0.4, -0.2) is 81.5 Å². The molecule has 5 rings (SSSR count). The van der Waals surface area contributed by atoms with Gasteiger partial charge in [0.25, 0.3) is 0 Å². The topological polar surface area (TPSA) is 106 Å². The Morgan fingerprint density at radius 2 is 1.87 bits per heavy atom. The van der Waals surface area contributed by atoms with E-state index in [0.717, 1.165) is 12.5 Å². The van der Waals surface area contributed by atoms with Crippen molar-refractivity contribution in [1.29, 1.82) is 5.26 Å². The summed E-state index contributed by atoms with van der Waals surface area (Å²) in [5, 5.41) is 12.3. The van der Waals surface area contributed by atoms with Crippen LogP contribution in [0.2, 0.25) is 0 Å². The first-order chi connectivity index (χ1) is 17.9. The van der Waals surface area contributed by atoms with Gasteiger partial charge in [0.1, 0.15) is 29.3 Å². The Bertz CT molecular complexity index is 1180. The fourth-order valence-corrected chi connectivity index (χ4v) is 6.31. The Hall–Kier alpha value is -3.26. The van der Waals surface area contributed by atoms with Crippen molar-refractivity contribution < 1.29 is 27.9 Å². The van der Waals surface area contributed by atoms with E-state index in [1.165, 1.54) is 12.1 Å². The quantitative estimate of drug-likeness (QED) is 0.608. The van der Waals surface area contributed by atoms with Gasteiger partial charge in [-0.05, 0) is 70.6 Å². The zero-order chi connectivity index (χ0) is 27.5. The highest BCUT2D eigenvalue weighted by Crippen LogP contribution is 2.48. The number of carbonyl (C=O) groups is 3. The maximum absolute atomic E-state index is 13.8. The van der Waals surface area contributed by atoms with E-state index in [4.69, 9.17) is 4.74 Å². The van der Waals surface area contributed by atoms with Crippen LogP contribution < -0.4 is 5.32 Å². The van der Waals surface area contributed by atoms with Crippen LogP contribution in [0.25, 0.3) is 0 Å². The molecule has 4 fully saturated rings. The number of hydrogen-bond donors (Lipinski definition) is 1. The number of piperidine rings is 1. The highest BCUT2D eigenvalue weighted by Gasteiger charge is 2.56. The van der Waals surface area contributed by atoms with Crippen LogP contribution in [0.4, 0.5) is 13.6 Å². The third-order valence-corrected chi connectivity index (χ3v) is 8.01. The Kier molecular flexibility index (Phi) is 6.58. The number of nitrogens with one attached hydrogen (secondary N) is 1. The molecule has 1 N–H and O–H groups in total. The van der Waals surface area contributed by atoms with Crippen LogP contribution in [0, 0.1) is 28.9 Å². The van der Waals surface area contributed by atoms with Crippen LogP contribution in [0.5, 0.6) is 0 Å². The molecule has 7 atom stereocenters. The SMILES string of the molecule is C[C@H](c1cc(F)cc(F)c1)N1C(=O)[C@@H]2CC1CN2C[C@H](NC(=O)OC(C)(C)C)C(=O)N1[C@H](C#N)C[C@@H]2C[C@@H]21. The van der Waals surface area contributed by atoms with Crippen molar-refractivity contribution in [3.8, 4) is 6.07 Å². The Balaban J connectivity index is 1.31. The largest absolute Gasteiger partial charge is 0.444 e. The van der Waals surface area contributed by atoms with Gasteiger partial charge in [-0.1, -0.05) is 0 Å². The standard InChI is InChI=1S/C27H33F2N5O4/c1-14(15-5-17(28)9-18(29)6-15)33-20-10-23(25(33)36)32(12-20)13-21(31-26(37)38-27(2,3)4)24(35)34-19(11-30)7-16-8-22(16)34/h5-6,9,14,16,19-23H,7-8,10,12-13H2,1-4H3,(H,31,37)/t14-,16-,19+,20?,21+,22+,23+/m1/s1. The summed E-state index contributed by atoms with van der Waals surface area (Å²) in [6.07, 6.45) is 1.26. The summed E-state index contributed by atoms with van der Waals surface area (Å²) >= 11 is 0. The molecule has 11 heteroatoms. The van der Waals surface area contributed by atoms with E-state index in [2.05, 4.69) is 11.4 Å². The smallest absolute Gasteiger partial charge is 0.408 e. The van der Waals surface area contributed by atoms with Crippen molar-refractivity contribution in [2.45, 2.75) is 88.8 Å². The molecule has 204 valence electrons. The van der Waals surface area contributed by atoms with Gasteiger partial charge in [-0.15, -0.1) is 0 Å². The zero-order valence-corrected chi connectivity index (χ0v) is 22.0. The predicted octanol–water partition coefficient (Wildman–Crippen LogP) is 2.72. The van der Waals surface area contributed by atoms with E-state index in [-0.39, 0.29) is 30.4 Å². The number of halogens is 2. The summed E-state index contributed by atoms with van der Waals surface area (Å²) in [5.74, 6) is -1.60. The first-order valence-corrected chi connectivity index (χ1v) is 13.1. The van der Waals surface area contributed by atoms with E-state index >= 15 is 0 Å². The fraction of sp³-hybridized carbons (Fsp3) is 0.630. The van der Waals surface area contributed by atoms with Crippen molar-refractivity contribution in [3.05, 3.63) is 35.4 Å². The lowest BCUT2D eigenvalue weighted by molar-refractivity contribution is -0.141. The molecular weight excluding hydrogens is 496 g/mol. The number of likely N-dealkylation sites (tertiary alicyclic amines) is 3. The Morgan fingerprint density at radius 1 is 1.18 bits per heavy atom. The number of amides is 3. The first kappa shape index (κ1) is 26.4. The highest BCUT2D eigenvalue weighted by atomic mass is 19.1. The number of ether oxygens (including phenoxy) is 1. The molecule has 2 bridgehead atoms. The van der Waals surface area contributed by atoms with Gasteiger partial charge in [0.15, 0.2) is 0 Å². The minimum Gasteiger partial charge on any atom is -0.444 e. The first-order valence-electron chi connectivity index (χ1n) is 13.1. The molecule has 1 saturated carbocycles. The molecule has 3 heterocycles. The number of fused-ring (bicyclic) bond motifs is 3. The van der Waals surface area contributed by atoms with E-state index in [1.54, 1.807) is 37.5 Å². The Labute approximate surface area is 220 Å². The predicted molar refractivity (Wildman–Crippen MR) is 131 cm³/mol. The molecule has 9 nitrogen and oxygen atoms in total. The summed E-state index contributed by atoms with van der Waals surface area (Å²) < 4.78 is 33.0. The second kappa shape index (κ2) is 9.49. The van der Waals surface area contributed by atoms with Crippen molar-refractivity contribution in [1.82, 2.24) is 20.0 Å². The summed E-state index contributed by atoms with van der Waals surface area (Å²) in [6.45, 7) is 7.46. The van der Waals surface area contributed by atoms with Gasteiger partial charge in [-0.2, -0.15) is 5.26 Å². The number of carbonyl (C=O) groups excluding carboxylic acids is 3. The normalized spacial score (nSPS) is 29.6. The lowest BCUT2D eigenvalue weighted by Crippen LogP contribution is -2.59. The lowest BCUT2D eigenvalue weighted by atomic mass is 10.0. The molecule has 3 saturated heterocycles. The Morgan fingerprint density at radius 3 is 2.47 bits per heavy atom. The van der Waals surface area contributed by atoms with Crippen LogP contribution in [0.15, 0.2) is 18.2 Å². The van der Waals surface area contributed by atoms with Gasteiger partial charge in [0.2, 0.25) is 11.8 Å². The number of benzene rings is 1. The molecule has 0 aromatic heterocycles. The number of nitriles is 1. The summed E-state index contributed by atoms with van der Waals surface area (Å²) in [4.78, 5) is 44.8. The molecule has 1 aromatic carbocycles. The van der Waals surface area contributed by atoms with Crippen molar-refractivity contribution >= 4 is 17.9 Å². The molecule has 3 amide bonds. The van der Waals surface area contributed by atoms with E-state index < -0.39 is 47.5 Å². The van der Waals surface area contributed by atoms with E-state index in [0.29, 0.717) is 30.9 Å². The minimum atomic E-state index is -0.990.